The Bertz CT molecular complexity index is 2810. The van der Waals surface area contributed by atoms with Crippen LogP contribution in [0.1, 0.15) is 117 Å². The molecular weight excluding hydrogens is 893 g/mol. The van der Waals surface area contributed by atoms with Crippen LogP contribution in [0.25, 0.3) is 16.7 Å². The summed E-state index contributed by atoms with van der Waals surface area (Å²) in [6.07, 6.45) is 8.60. The van der Waals surface area contributed by atoms with Gasteiger partial charge in [-0.05, 0) is 94.2 Å². The molecule has 18 nitrogen and oxygen atoms in total. The van der Waals surface area contributed by atoms with Gasteiger partial charge in [0.05, 0.1) is 41.1 Å². The van der Waals surface area contributed by atoms with E-state index in [0.717, 1.165) is 75.7 Å². The molecule has 5 aliphatic rings. The molecule has 7 heterocycles. The summed E-state index contributed by atoms with van der Waals surface area (Å²) in [4.78, 5) is 72.3. The van der Waals surface area contributed by atoms with Gasteiger partial charge in [-0.25, -0.2) is 36.7 Å². The van der Waals surface area contributed by atoms with Crippen LogP contribution < -0.4 is 26.5 Å². The van der Waals surface area contributed by atoms with Gasteiger partial charge >= 0.3 is 11.7 Å². The molecule has 68 heavy (non-hydrogen) atoms. The largest absolute Gasteiger partial charge is 0.378 e. The molecule has 2 aliphatic carbocycles. The fourth-order valence-corrected chi connectivity index (χ4v) is 11.1. The molecule has 10 rings (SSSR count). The van der Waals surface area contributed by atoms with Gasteiger partial charge < -0.3 is 20.3 Å². The molecule has 5 aromatic rings. The summed E-state index contributed by atoms with van der Waals surface area (Å²) in [5.74, 6) is -4.11. The Balaban J connectivity index is 0.693. The van der Waals surface area contributed by atoms with Gasteiger partial charge in [0.15, 0.2) is 11.3 Å². The van der Waals surface area contributed by atoms with Gasteiger partial charge in [0.2, 0.25) is 11.8 Å². The van der Waals surface area contributed by atoms with Gasteiger partial charge in [0.1, 0.15) is 23.5 Å². The number of aryl methyl sites for hydroxylation is 2. The molecule has 3 atom stereocenters. The topological polar surface area (TPSA) is 195 Å². The first-order valence-corrected chi connectivity index (χ1v) is 23.6. The number of amides is 5. The van der Waals surface area contributed by atoms with Crippen LogP contribution in [-0.4, -0.2) is 113 Å². The van der Waals surface area contributed by atoms with Crippen LogP contribution in [0.5, 0.6) is 0 Å². The number of para-hydroxylation sites is 1. The number of hydrogen-bond acceptors (Lipinski definition) is 10. The van der Waals surface area contributed by atoms with E-state index in [-0.39, 0.29) is 72.1 Å². The van der Waals surface area contributed by atoms with Gasteiger partial charge in [0.25, 0.3) is 18.3 Å². The van der Waals surface area contributed by atoms with E-state index < -0.39 is 54.0 Å². The lowest BCUT2D eigenvalue weighted by atomic mass is 9.85. The lowest BCUT2D eigenvalue weighted by molar-refractivity contribution is -0.135. The summed E-state index contributed by atoms with van der Waals surface area (Å²) < 4.78 is 70.3. The van der Waals surface area contributed by atoms with Gasteiger partial charge in [0, 0.05) is 58.5 Å². The third-order valence-electron chi connectivity index (χ3n) is 14.6. The molecule has 4 aromatic heterocycles. The number of alkyl halides is 4. The number of imidazole rings is 1. The van der Waals surface area contributed by atoms with E-state index in [4.69, 9.17) is 4.74 Å². The number of urea groups is 1. The van der Waals surface area contributed by atoms with Crippen molar-refractivity contribution in [3.63, 3.8) is 0 Å². The molecule has 5 amide bonds. The highest BCUT2D eigenvalue weighted by molar-refractivity contribution is 6.08. The smallest absolute Gasteiger partial charge is 0.329 e. The molecule has 3 saturated heterocycles. The number of carbonyl (C=O) groups is 4. The van der Waals surface area contributed by atoms with E-state index in [9.17, 15) is 41.5 Å². The second-order valence-corrected chi connectivity index (χ2v) is 18.9. The van der Waals surface area contributed by atoms with E-state index in [1.807, 2.05) is 18.2 Å². The van der Waals surface area contributed by atoms with Crippen LogP contribution in [-0.2, 0) is 27.8 Å². The second-order valence-electron chi connectivity index (χ2n) is 18.9. The number of fused-ring (bicyclic) bond motifs is 3. The second kappa shape index (κ2) is 18.4. The van der Waals surface area contributed by atoms with E-state index in [1.165, 1.54) is 43.3 Å². The zero-order valence-electron chi connectivity index (χ0n) is 37.6. The molecule has 2 saturated carbocycles. The number of nitrogens with zero attached hydrogens (tertiary/aromatic N) is 9. The van der Waals surface area contributed by atoms with Gasteiger partial charge in [-0.1, -0.05) is 12.1 Å². The number of likely N-dealkylation sites (tertiary alicyclic amines) is 1. The number of carbonyl (C=O) groups excluding carboxylic acids is 4. The number of halogens is 4. The summed E-state index contributed by atoms with van der Waals surface area (Å²) >= 11 is 0. The normalized spacial score (nSPS) is 24.8. The maximum absolute atomic E-state index is 14.7. The summed E-state index contributed by atoms with van der Waals surface area (Å²) in [6, 6.07) is 3.42. The number of benzene rings is 1. The Hall–Kier alpha value is -6.16. The van der Waals surface area contributed by atoms with Crippen molar-refractivity contribution < 1.29 is 41.5 Å². The predicted molar refractivity (Wildman–Crippen MR) is 239 cm³/mol. The number of hydrogen-bond donors (Lipinski definition) is 3. The van der Waals surface area contributed by atoms with Crippen molar-refractivity contribution in [2.45, 2.75) is 126 Å². The Kier molecular flexibility index (Phi) is 12.3. The number of aromatic nitrogens is 7. The molecule has 0 radical (unpaired) electrons. The molecule has 3 N–H and O–H groups in total. The standard InChI is InChI=1S/C46H54F4N12O6/c1-57-38-27(5-2-7-32(38)61(45(57)67)34-13-14-36(63)54-43(34)65)6-4-22-68-29-15-19-58(20-16-29)24-26-9-11-28(12-10-26)60-25-31(37(56-60)40(47)48)52-42(64)30-23-51-59-21-17-35(53-41(30)59)62-33-8-3-18-46(49,50)39(33)55-44(62)66/h2,5,7,17,21,23,25-26,28-29,33-34,39-40H,3-4,6,8-16,18-20,22,24H2,1H3,(H,52,64)(H,55,66)(H,54,63,65)/t26-,28-,33-,34?,39-/m1/s1. The van der Waals surface area contributed by atoms with Gasteiger partial charge in [-0.15, -0.1) is 0 Å². The zero-order chi connectivity index (χ0) is 47.4. The molecule has 22 heteroatoms. The lowest BCUT2D eigenvalue weighted by Crippen LogP contribution is -2.51. The SMILES string of the molecule is Cn1c(=O)n(C2CCC(=O)NC2=O)c2cccc(CCCOC3CCN(C[C@H]4CC[C@H](n5cc(NC(=O)c6cnn7ccc(N8C(=O)N[C@@H]9[C@H]8CCCC9(F)F)nc67)c(C(F)F)n5)CC4)CC3)c21. The summed E-state index contributed by atoms with van der Waals surface area (Å²) in [5, 5.41) is 15.7. The third-order valence-corrected chi connectivity index (χ3v) is 14.6. The number of piperidine rings is 2. The minimum atomic E-state index is -3.07. The number of anilines is 2. The first-order valence-electron chi connectivity index (χ1n) is 23.6. The first-order chi connectivity index (χ1) is 32.7. The summed E-state index contributed by atoms with van der Waals surface area (Å²) in [7, 11) is 1.71. The van der Waals surface area contributed by atoms with E-state index >= 15 is 0 Å². The minimum Gasteiger partial charge on any atom is -0.378 e. The molecule has 1 aromatic carbocycles. The molecule has 5 fully saturated rings. The molecule has 0 bridgehead atoms. The highest BCUT2D eigenvalue weighted by atomic mass is 19.3. The van der Waals surface area contributed by atoms with Crippen molar-refractivity contribution in [1.82, 2.24) is 49.0 Å². The van der Waals surface area contributed by atoms with Gasteiger partial charge in [-0.3, -0.25) is 38.4 Å². The first kappa shape index (κ1) is 45.6. The van der Waals surface area contributed by atoms with Crippen LogP contribution in [0.3, 0.4) is 0 Å². The van der Waals surface area contributed by atoms with Crippen LogP contribution >= 0.6 is 0 Å². The number of imide groups is 1. The van der Waals surface area contributed by atoms with Crippen LogP contribution in [0.2, 0.25) is 0 Å². The van der Waals surface area contributed by atoms with Crippen molar-refractivity contribution >= 4 is 51.9 Å². The lowest BCUT2D eigenvalue weighted by Gasteiger charge is -2.36. The Morgan fingerprint density at radius 3 is 2.57 bits per heavy atom. The fourth-order valence-electron chi connectivity index (χ4n) is 11.1. The van der Waals surface area contributed by atoms with E-state index in [0.29, 0.717) is 30.9 Å². The number of rotatable bonds is 13. The van der Waals surface area contributed by atoms with Crippen LogP contribution in [0.15, 0.2) is 47.7 Å². The van der Waals surface area contributed by atoms with Crippen molar-refractivity contribution in [2.24, 2.45) is 13.0 Å². The van der Waals surface area contributed by atoms with E-state index in [1.54, 1.807) is 11.6 Å². The molecule has 0 spiro atoms. The van der Waals surface area contributed by atoms with E-state index in [2.05, 4.69) is 36.0 Å². The van der Waals surface area contributed by atoms with Crippen LogP contribution in [0, 0.1) is 5.92 Å². The quantitative estimate of drug-likeness (QED) is 0.0752. The molecule has 362 valence electrons. The van der Waals surface area contributed by atoms with Crippen molar-refractivity contribution in [3.05, 3.63) is 70.2 Å². The highest BCUT2D eigenvalue weighted by Gasteiger charge is 2.55. The fraction of sp³-hybridized carbons (Fsp3) is 0.565. The van der Waals surface area contributed by atoms with Crippen molar-refractivity contribution in [2.75, 3.05) is 36.5 Å². The maximum atomic E-state index is 14.7. The Morgan fingerprint density at radius 1 is 1.01 bits per heavy atom. The van der Waals surface area contributed by atoms with Crippen molar-refractivity contribution in [1.29, 1.82) is 0 Å². The van der Waals surface area contributed by atoms with Crippen molar-refractivity contribution in [3.8, 4) is 0 Å². The summed E-state index contributed by atoms with van der Waals surface area (Å²) in [6.45, 7) is 3.34. The average Bonchev–Trinajstić information content (AvgIpc) is 4.09. The molecule has 3 aliphatic heterocycles. The zero-order valence-corrected chi connectivity index (χ0v) is 37.6. The monoisotopic (exact) mass is 946 g/mol. The highest BCUT2D eigenvalue weighted by Crippen LogP contribution is 2.41. The molecule has 1 unspecified atom stereocenters. The average molecular weight is 947 g/mol. The minimum absolute atomic E-state index is 0.0269. The summed E-state index contributed by atoms with van der Waals surface area (Å²) in [5.41, 5.74) is 1.45. The predicted octanol–water partition coefficient (Wildman–Crippen LogP) is 5.68. The third kappa shape index (κ3) is 8.64. The molecular formula is C46H54F4N12O6. The maximum Gasteiger partial charge on any atom is 0.329 e. The Labute approximate surface area is 387 Å². The number of nitrogens with one attached hydrogen (secondary N) is 3. The van der Waals surface area contributed by atoms with Crippen LogP contribution in [0.4, 0.5) is 33.9 Å². The van der Waals surface area contributed by atoms with Gasteiger partial charge in [-0.2, -0.15) is 10.2 Å². The Morgan fingerprint density at radius 2 is 1.81 bits per heavy atom. The number of ether oxygens (including phenoxy) is 1.